The number of alkyl halides is 3. The van der Waals surface area contributed by atoms with Crippen molar-refractivity contribution in [1.29, 1.82) is 0 Å². The minimum absolute atomic E-state index is 0.284. The molecule has 0 spiro atoms. The summed E-state index contributed by atoms with van der Waals surface area (Å²) in [6.45, 7) is 0. The SMILES string of the molecule is Nc1ccc2c(c1)CCC2(O)CCC(F)(F)F. The van der Waals surface area contributed by atoms with Gasteiger partial charge < -0.3 is 10.8 Å². The van der Waals surface area contributed by atoms with Gasteiger partial charge in [-0.15, -0.1) is 0 Å². The fourth-order valence-corrected chi connectivity index (χ4v) is 2.36. The summed E-state index contributed by atoms with van der Waals surface area (Å²) in [5, 5.41) is 10.3. The van der Waals surface area contributed by atoms with E-state index in [-0.39, 0.29) is 6.42 Å². The predicted octanol–water partition coefficient (Wildman–Crippen LogP) is 2.75. The highest BCUT2D eigenvalue weighted by Gasteiger charge is 2.40. The third kappa shape index (κ3) is 2.54. The average Bonchev–Trinajstić information content (AvgIpc) is 2.53. The summed E-state index contributed by atoms with van der Waals surface area (Å²) >= 11 is 0. The first kappa shape index (κ1) is 12.2. The Morgan fingerprint density at radius 3 is 2.71 bits per heavy atom. The lowest BCUT2D eigenvalue weighted by Crippen LogP contribution is -2.25. The van der Waals surface area contributed by atoms with Crippen molar-refractivity contribution in [3.8, 4) is 0 Å². The first-order chi connectivity index (χ1) is 7.80. The van der Waals surface area contributed by atoms with Gasteiger partial charge >= 0.3 is 6.18 Å². The van der Waals surface area contributed by atoms with E-state index < -0.39 is 18.2 Å². The molecule has 0 aliphatic heterocycles. The largest absolute Gasteiger partial charge is 0.399 e. The highest BCUT2D eigenvalue weighted by molar-refractivity contribution is 5.48. The molecule has 0 saturated carbocycles. The van der Waals surface area contributed by atoms with Crippen molar-refractivity contribution in [3.63, 3.8) is 0 Å². The Hall–Kier alpha value is -1.23. The molecule has 1 aliphatic rings. The van der Waals surface area contributed by atoms with Crippen LogP contribution in [0.2, 0.25) is 0 Å². The van der Waals surface area contributed by atoms with Gasteiger partial charge in [-0.05, 0) is 42.5 Å². The van der Waals surface area contributed by atoms with Crippen LogP contribution < -0.4 is 5.73 Å². The molecule has 0 heterocycles. The lowest BCUT2D eigenvalue weighted by molar-refractivity contribution is -0.147. The van der Waals surface area contributed by atoms with Crippen molar-refractivity contribution in [2.75, 3.05) is 5.73 Å². The van der Waals surface area contributed by atoms with Crippen molar-refractivity contribution in [1.82, 2.24) is 0 Å². The van der Waals surface area contributed by atoms with E-state index in [2.05, 4.69) is 0 Å². The fourth-order valence-electron chi connectivity index (χ4n) is 2.36. The fraction of sp³-hybridized carbons (Fsp3) is 0.500. The van der Waals surface area contributed by atoms with Crippen LogP contribution in [-0.4, -0.2) is 11.3 Å². The Morgan fingerprint density at radius 2 is 2.06 bits per heavy atom. The molecule has 0 aromatic heterocycles. The number of aliphatic hydroxyl groups is 1. The molecule has 1 unspecified atom stereocenters. The smallest absolute Gasteiger partial charge is 0.389 e. The first-order valence-electron chi connectivity index (χ1n) is 5.48. The summed E-state index contributed by atoms with van der Waals surface area (Å²) in [6, 6.07) is 4.97. The Bertz CT molecular complexity index is 430. The quantitative estimate of drug-likeness (QED) is 0.787. The zero-order valence-electron chi connectivity index (χ0n) is 9.22. The molecular formula is C12H14F3NO. The van der Waals surface area contributed by atoms with E-state index in [4.69, 9.17) is 5.73 Å². The highest BCUT2D eigenvalue weighted by Crippen LogP contribution is 2.42. The third-order valence-electron chi connectivity index (χ3n) is 3.26. The van der Waals surface area contributed by atoms with Crippen LogP contribution in [0.5, 0.6) is 0 Å². The molecule has 0 radical (unpaired) electrons. The van der Waals surface area contributed by atoms with Crippen LogP contribution in [0, 0.1) is 0 Å². The lowest BCUT2D eigenvalue weighted by atomic mass is 9.90. The molecule has 1 aliphatic carbocycles. The maximum absolute atomic E-state index is 12.2. The van der Waals surface area contributed by atoms with E-state index >= 15 is 0 Å². The number of anilines is 1. The van der Waals surface area contributed by atoms with Gasteiger partial charge in [0, 0.05) is 12.1 Å². The second-order valence-corrected chi connectivity index (χ2v) is 4.56. The van der Waals surface area contributed by atoms with Crippen LogP contribution in [0.1, 0.15) is 30.4 Å². The maximum Gasteiger partial charge on any atom is 0.389 e. The lowest BCUT2D eigenvalue weighted by Gasteiger charge is -2.24. The van der Waals surface area contributed by atoms with Crippen molar-refractivity contribution in [3.05, 3.63) is 29.3 Å². The van der Waals surface area contributed by atoms with E-state index in [1.165, 1.54) is 0 Å². The van der Waals surface area contributed by atoms with Crippen molar-refractivity contribution in [2.45, 2.75) is 37.5 Å². The van der Waals surface area contributed by atoms with E-state index in [0.29, 0.717) is 24.1 Å². The zero-order valence-corrected chi connectivity index (χ0v) is 9.22. The van der Waals surface area contributed by atoms with Gasteiger partial charge in [0.2, 0.25) is 0 Å². The average molecular weight is 245 g/mol. The normalized spacial score (nSPS) is 23.8. The number of aryl methyl sites for hydroxylation is 1. The Labute approximate surface area is 97.2 Å². The second-order valence-electron chi connectivity index (χ2n) is 4.56. The van der Waals surface area contributed by atoms with Gasteiger partial charge in [0.15, 0.2) is 0 Å². The summed E-state index contributed by atoms with van der Waals surface area (Å²) in [4.78, 5) is 0. The molecule has 2 nitrogen and oxygen atoms in total. The molecule has 1 aromatic carbocycles. The molecule has 17 heavy (non-hydrogen) atoms. The van der Waals surface area contributed by atoms with Crippen molar-refractivity contribution >= 4 is 5.69 Å². The van der Waals surface area contributed by atoms with Crippen LogP contribution in [0.25, 0.3) is 0 Å². The molecule has 2 rings (SSSR count). The zero-order chi connectivity index (χ0) is 12.7. The van der Waals surface area contributed by atoms with Crippen LogP contribution in [-0.2, 0) is 12.0 Å². The summed E-state index contributed by atoms with van der Waals surface area (Å²) < 4.78 is 36.6. The Balaban J connectivity index is 2.20. The van der Waals surface area contributed by atoms with E-state index in [9.17, 15) is 18.3 Å². The number of hydrogen-bond acceptors (Lipinski definition) is 2. The number of fused-ring (bicyclic) bond motifs is 1. The molecule has 1 atom stereocenters. The molecule has 5 heteroatoms. The van der Waals surface area contributed by atoms with E-state index in [0.717, 1.165) is 5.56 Å². The number of halogens is 3. The van der Waals surface area contributed by atoms with Crippen LogP contribution >= 0.6 is 0 Å². The van der Waals surface area contributed by atoms with Gasteiger partial charge in [-0.3, -0.25) is 0 Å². The topological polar surface area (TPSA) is 46.2 Å². The van der Waals surface area contributed by atoms with Crippen LogP contribution in [0.3, 0.4) is 0 Å². The molecule has 0 saturated heterocycles. The molecule has 0 fully saturated rings. The minimum atomic E-state index is -4.23. The number of hydrogen-bond donors (Lipinski definition) is 2. The molecule has 0 amide bonds. The highest BCUT2D eigenvalue weighted by atomic mass is 19.4. The van der Waals surface area contributed by atoms with Gasteiger partial charge in [-0.2, -0.15) is 13.2 Å². The Kier molecular flexibility index (Phi) is 2.81. The molecule has 94 valence electrons. The third-order valence-corrected chi connectivity index (χ3v) is 3.26. The van der Waals surface area contributed by atoms with Crippen molar-refractivity contribution < 1.29 is 18.3 Å². The number of benzene rings is 1. The van der Waals surface area contributed by atoms with Crippen molar-refractivity contribution in [2.24, 2.45) is 0 Å². The predicted molar refractivity (Wildman–Crippen MR) is 58.4 cm³/mol. The standard InChI is InChI=1S/C12H14F3NO/c13-12(14,15)6-5-11(17)4-3-8-7-9(16)1-2-10(8)11/h1-2,7,17H,3-6,16H2. The summed E-state index contributed by atoms with van der Waals surface area (Å²) in [5.41, 5.74) is 6.27. The number of rotatable bonds is 2. The second kappa shape index (κ2) is 3.91. The summed E-state index contributed by atoms with van der Waals surface area (Å²) in [7, 11) is 0. The number of nitrogen functional groups attached to an aromatic ring is 1. The maximum atomic E-state index is 12.2. The molecular weight excluding hydrogens is 231 g/mol. The van der Waals surface area contributed by atoms with E-state index in [1.807, 2.05) is 0 Å². The molecule has 0 bridgehead atoms. The molecule has 3 N–H and O–H groups in total. The van der Waals surface area contributed by atoms with Crippen LogP contribution in [0.4, 0.5) is 18.9 Å². The first-order valence-corrected chi connectivity index (χ1v) is 5.48. The Morgan fingerprint density at radius 1 is 1.35 bits per heavy atom. The summed E-state index contributed by atoms with van der Waals surface area (Å²) in [5.74, 6) is 0. The van der Waals surface area contributed by atoms with Gasteiger partial charge in [0.05, 0.1) is 5.60 Å². The molecule has 1 aromatic rings. The van der Waals surface area contributed by atoms with Gasteiger partial charge in [0.25, 0.3) is 0 Å². The van der Waals surface area contributed by atoms with Gasteiger partial charge in [-0.1, -0.05) is 6.07 Å². The summed E-state index contributed by atoms with van der Waals surface area (Å²) in [6.07, 6.45) is -4.57. The van der Waals surface area contributed by atoms with Gasteiger partial charge in [-0.25, -0.2) is 0 Å². The monoisotopic (exact) mass is 245 g/mol. The minimum Gasteiger partial charge on any atom is -0.399 e. The van der Waals surface area contributed by atoms with Gasteiger partial charge in [0.1, 0.15) is 0 Å². The van der Waals surface area contributed by atoms with E-state index in [1.54, 1.807) is 18.2 Å². The number of nitrogens with two attached hydrogens (primary N) is 1. The van der Waals surface area contributed by atoms with Crippen LogP contribution in [0.15, 0.2) is 18.2 Å².